The van der Waals surface area contributed by atoms with E-state index in [1.165, 1.54) is 28.4 Å². The molecule has 0 amide bonds. The lowest BCUT2D eigenvalue weighted by atomic mass is 10.0. The van der Waals surface area contributed by atoms with Crippen LogP contribution in [-0.4, -0.2) is 13.2 Å². The molecule has 1 aromatic rings. The van der Waals surface area contributed by atoms with Crippen molar-refractivity contribution in [3.63, 3.8) is 0 Å². The molecule has 3 heteroatoms. The van der Waals surface area contributed by atoms with Gasteiger partial charge in [-0.25, -0.2) is 0 Å². The molecule has 0 spiro atoms. The molecule has 0 unspecified atom stereocenters. The zero-order valence-corrected chi connectivity index (χ0v) is 10.8. The second-order valence-corrected chi connectivity index (χ2v) is 5.49. The van der Waals surface area contributed by atoms with Crippen LogP contribution in [0.15, 0.2) is 16.6 Å². The summed E-state index contributed by atoms with van der Waals surface area (Å²) in [4.78, 5) is 0. The molecule has 0 aromatic heterocycles. The number of hydrogen-bond acceptors (Lipinski definition) is 2. The first-order chi connectivity index (χ1) is 7.84. The fraction of sp³-hybridized carbons (Fsp3) is 0.538. The minimum Gasteiger partial charge on any atom is -0.492 e. The van der Waals surface area contributed by atoms with E-state index in [2.05, 4.69) is 33.4 Å². The fourth-order valence-corrected chi connectivity index (χ4v) is 2.82. The Labute approximate surface area is 105 Å². The number of hydrogen-bond donors (Lipinski definition) is 1. The minimum absolute atomic E-state index is 0.810. The molecule has 0 radical (unpaired) electrons. The highest BCUT2D eigenvalue weighted by molar-refractivity contribution is 9.10. The zero-order chi connectivity index (χ0) is 11.0. The van der Waals surface area contributed by atoms with Crippen molar-refractivity contribution < 1.29 is 4.74 Å². The third-order valence-electron chi connectivity index (χ3n) is 3.34. The molecule has 1 fully saturated rings. The van der Waals surface area contributed by atoms with Crippen LogP contribution in [-0.2, 0) is 13.0 Å². The summed E-state index contributed by atoms with van der Waals surface area (Å²) in [6.07, 6.45) is 3.77. The molecule has 0 bridgehead atoms. The Morgan fingerprint density at radius 1 is 1.38 bits per heavy atom. The highest BCUT2D eigenvalue weighted by atomic mass is 79.9. The summed E-state index contributed by atoms with van der Waals surface area (Å²) in [7, 11) is 0. The first kappa shape index (κ1) is 10.6. The van der Waals surface area contributed by atoms with E-state index >= 15 is 0 Å². The van der Waals surface area contributed by atoms with Crippen LogP contribution in [0.25, 0.3) is 0 Å². The summed E-state index contributed by atoms with van der Waals surface area (Å²) in [6, 6.07) is 4.28. The summed E-state index contributed by atoms with van der Waals surface area (Å²) in [6.45, 7) is 2.93. The van der Waals surface area contributed by atoms with Gasteiger partial charge in [0.25, 0.3) is 0 Å². The topological polar surface area (TPSA) is 21.3 Å². The van der Waals surface area contributed by atoms with Gasteiger partial charge in [-0.15, -0.1) is 0 Å². The van der Waals surface area contributed by atoms with E-state index < -0.39 is 0 Å². The molecule has 86 valence electrons. The lowest BCUT2D eigenvalue weighted by molar-refractivity contribution is 0.297. The van der Waals surface area contributed by atoms with Crippen LogP contribution in [0.5, 0.6) is 5.75 Å². The zero-order valence-electron chi connectivity index (χ0n) is 9.26. The van der Waals surface area contributed by atoms with Gasteiger partial charge in [0.15, 0.2) is 0 Å². The maximum Gasteiger partial charge on any atom is 0.133 e. The standard InChI is InChI=1S/C13H16BrNO/c14-13-11-5-6-15-7-10(11)3-4-12(13)16-8-9-1-2-9/h3-4,9,15H,1-2,5-8H2. The van der Waals surface area contributed by atoms with E-state index in [0.29, 0.717) is 0 Å². The summed E-state index contributed by atoms with van der Waals surface area (Å²) in [5, 5.41) is 3.39. The number of benzene rings is 1. The van der Waals surface area contributed by atoms with Crippen molar-refractivity contribution in [2.45, 2.75) is 25.8 Å². The maximum atomic E-state index is 5.86. The van der Waals surface area contributed by atoms with Gasteiger partial charge in [-0.3, -0.25) is 0 Å². The van der Waals surface area contributed by atoms with Crippen molar-refractivity contribution in [3.05, 3.63) is 27.7 Å². The molecule has 1 aromatic carbocycles. The molecule has 16 heavy (non-hydrogen) atoms. The number of fused-ring (bicyclic) bond motifs is 1. The molecule has 1 N–H and O–H groups in total. The first-order valence-corrected chi connectivity index (χ1v) is 6.77. The number of rotatable bonds is 3. The predicted molar refractivity (Wildman–Crippen MR) is 67.8 cm³/mol. The van der Waals surface area contributed by atoms with Crippen LogP contribution >= 0.6 is 15.9 Å². The molecular weight excluding hydrogens is 266 g/mol. The van der Waals surface area contributed by atoms with Crippen LogP contribution in [0.2, 0.25) is 0 Å². The lowest BCUT2D eigenvalue weighted by Crippen LogP contribution is -2.24. The van der Waals surface area contributed by atoms with Gasteiger partial charge in [0, 0.05) is 6.54 Å². The normalized spacial score (nSPS) is 19.3. The molecule has 1 aliphatic heterocycles. The molecular formula is C13H16BrNO. The highest BCUT2D eigenvalue weighted by Gasteiger charge is 2.23. The van der Waals surface area contributed by atoms with Crippen LogP contribution in [0.3, 0.4) is 0 Å². The Kier molecular flexibility index (Phi) is 2.90. The Balaban J connectivity index is 1.81. The van der Waals surface area contributed by atoms with Gasteiger partial charge in [-0.05, 0) is 64.8 Å². The Morgan fingerprint density at radius 2 is 2.25 bits per heavy atom. The van der Waals surface area contributed by atoms with Gasteiger partial charge in [-0.1, -0.05) is 6.07 Å². The van der Waals surface area contributed by atoms with E-state index in [-0.39, 0.29) is 0 Å². The maximum absolute atomic E-state index is 5.86. The monoisotopic (exact) mass is 281 g/mol. The molecule has 0 atom stereocenters. The second kappa shape index (κ2) is 4.38. The van der Waals surface area contributed by atoms with Gasteiger partial charge in [-0.2, -0.15) is 0 Å². The van der Waals surface area contributed by atoms with Gasteiger partial charge in [0.05, 0.1) is 11.1 Å². The van der Waals surface area contributed by atoms with Crippen molar-refractivity contribution >= 4 is 15.9 Å². The number of ether oxygens (including phenoxy) is 1. The molecule has 0 saturated heterocycles. The third-order valence-corrected chi connectivity index (χ3v) is 4.21. The van der Waals surface area contributed by atoms with Crippen molar-refractivity contribution in [2.75, 3.05) is 13.2 Å². The smallest absolute Gasteiger partial charge is 0.133 e. The summed E-state index contributed by atoms with van der Waals surface area (Å²) >= 11 is 3.68. The number of nitrogens with one attached hydrogen (secondary N) is 1. The Hall–Kier alpha value is -0.540. The molecule has 1 aliphatic carbocycles. The molecule has 3 rings (SSSR count). The Morgan fingerprint density at radius 3 is 3.06 bits per heavy atom. The molecule has 1 saturated carbocycles. The third kappa shape index (κ3) is 2.11. The van der Waals surface area contributed by atoms with Crippen LogP contribution < -0.4 is 10.1 Å². The average molecular weight is 282 g/mol. The van der Waals surface area contributed by atoms with Crippen LogP contribution in [0.1, 0.15) is 24.0 Å². The van der Waals surface area contributed by atoms with Gasteiger partial charge >= 0.3 is 0 Å². The molecule has 2 nitrogen and oxygen atoms in total. The lowest BCUT2D eigenvalue weighted by Gasteiger charge is -2.20. The van der Waals surface area contributed by atoms with E-state index in [4.69, 9.17) is 4.74 Å². The minimum atomic E-state index is 0.810. The van der Waals surface area contributed by atoms with E-state index in [1.807, 2.05) is 0 Å². The predicted octanol–water partition coefficient (Wildman–Crippen LogP) is 2.88. The largest absolute Gasteiger partial charge is 0.492 e. The van der Waals surface area contributed by atoms with E-state index in [9.17, 15) is 0 Å². The van der Waals surface area contributed by atoms with Crippen molar-refractivity contribution in [1.82, 2.24) is 5.32 Å². The van der Waals surface area contributed by atoms with E-state index in [1.54, 1.807) is 0 Å². The van der Waals surface area contributed by atoms with Gasteiger partial charge in [0.1, 0.15) is 5.75 Å². The Bertz CT molecular complexity index is 401. The average Bonchev–Trinajstić information content (AvgIpc) is 3.13. The SMILES string of the molecule is Brc1c(OCC2CC2)ccc2c1CCNC2. The van der Waals surface area contributed by atoms with Crippen molar-refractivity contribution in [3.8, 4) is 5.75 Å². The van der Waals surface area contributed by atoms with E-state index in [0.717, 1.165) is 37.8 Å². The summed E-state index contributed by atoms with van der Waals surface area (Å²) < 4.78 is 7.03. The fourth-order valence-electron chi connectivity index (χ4n) is 2.12. The summed E-state index contributed by atoms with van der Waals surface area (Å²) in [5.74, 6) is 1.83. The number of halogens is 1. The van der Waals surface area contributed by atoms with Crippen molar-refractivity contribution in [2.24, 2.45) is 5.92 Å². The van der Waals surface area contributed by atoms with Crippen LogP contribution in [0, 0.1) is 5.92 Å². The molecule has 1 heterocycles. The molecule has 2 aliphatic rings. The van der Waals surface area contributed by atoms with Crippen LogP contribution in [0.4, 0.5) is 0 Å². The highest BCUT2D eigenvalue weighted by Crippen LogP contribution is 2.35. The first-order valence-electron chi connectivity index (χ1n) is 5.98. The second-order valence-electron chi connectivity index (χ2n) is 4.70. The quantitative estimate of drug-likeness (QED) is 0.920. The summed E-state index contributed by atoms with van der Waals surface area (Å²) in [5.41, 5.74) is 2.82. The van der Waals surface area contributed by atoms with Gasteiger partial charge in [0.2, 0.25) is 0 Å². The van der Waals surface area contributed by atoms with Crippen molar-refractivity contribution in [1.29, 1.82) is 0 Å². The van der Waals surface area contributed by atoms with Gasteiger partial charge < -0.3 is 10.1 Å².